The first-order valence-corrected chi connectivity index (χ1v) is 15.8. The number of rotatable bonds is 12. The Morgan fingerprint density at radius 1 is 0.783 bits per heavy atom. The van der Waals surface area contributed by atoms with Gasteiger partial charge in [0, 0.05) is 29.4 Å². The fourth-order valence-corrected chi connectivity index (χ4v) is 5.93. The fourth-order valence-electron chi connectivity index (χ4n) is 4.71. The average Bonchev–Trinajstić information content (AvgIpc) is 3.02. The summed E-state index contributed by atoms with van der Waals surface area (Å²) in [6.45, 7) is 0.0954. The SMILES string of the molecule is O=C(Nc1ccc(OCCc2cccc(NS(=O)(=O)Cc3ccccc3C(=O)O)c2)c(F)c1)c1ccc(-c2ccc(O)cc2)cc1. The van der Waals surface area contributed by atoms with Crippen LogP contribution in [0.3, 0.4) is 0 Å². The van der Waals surface area contributed by atoms with Gasteiger partial charge in [0.2, 0.25) is 10.0 Å². The summed E-state index contributed by atoms with van der Waals surface area (Å²) in [5.41, 5.74) is 3.51. The van der Waals surface area contributed by atoms with Gasteiger partial charge in [-0.05, 0) is 76.9 Å². The first-order chi connectivity index (χ1) is 22.1. The van der Waals surface area contributed by atoms with Gasteiger partial charge in [-0.15, -0.1) is 0 Å². The van der Waals surface area contributed by atoms with E-state index < -0.39 is 33.5 Å². The van der Waals surface area contributed by atoms with Crippen LogP contribution in [0.4, 0.5) is 15.8 Å². The fraction of sp³-hybridized carbons (Fsp3) is 0.0857. The van der Waals surface area contributed by atoms with E-state index >= 15 is 0 Å². The van der Waals surface area contributed by atoms with Crippen molar-refractivity contribution in [3.05, 3.63) is 143 Å². The first-order valence-electron chi connectivity index (χ1n) is 14.1. The molecule has 0 radical (unpaired) electrons. The minimum atomic E-state index is -3.91. The van der Waals surface area contributed by atoms with Crippen molar-refractivity contribution in [1.82, 2.24) is 0 Å². The molecule has 5 rings (SSSR count). The highest BCUT2D eigenvalue weighted by molar-refractivity contribution is 7.91. The van der Waals surface area contributed by atoms with E-state index in [0.29, 0.717) is 17.7 Å². The number of halogens is 1. The zero-order chi connectivity index (χ0) is 32.7. The molecule has 0 bridgehead atoms. The molecule has 5 aromatic rings. The molecule has 0 saturated carbocycles. The molecule has 0 atom stereocenters. The number of carboxylic acid groups (broad SMARTS) is 1. The summed E-state index contributed by atoms with van der Waals surface area (Å²) >= 11 is 0. The number of ether oxygens (including phenoxy) is 1. The number of anilines is 2. The summed E-state index contributed by atoms with van der Waals surface area (Å²) in [4.78, 5) is 24.1. The summed E-state index contributed by atoms with van der Waals surface area (Å²) in [5.74, 6) is -2.64. The molecule has 0 heterocycles. The molecule has 11 heteroatoms. The van der Waals surface area contributed by atoms with Gasteiger partial charge in [0.25, 0.3) is 5.91 Å². The Labute approximate surface area is 265 Å². The summed E-state index contributed by atoms with van der Waals surface area (Å²) in [7, 11) is -3.91. The van der Waals surface area contributed by atoms with E-state index in [1.54, 1.807) is 78.9 Å². The van der Waals surface area contributed by atoms with Crippen molar-refractivity contribution in [1.29, 1.82) is 0 Å². The standard InChI is InChI=1S/C35H29FN2O7S/c36-32-21-28(37-34(40)26-10-8-24(9-11-26)25-12-15-30(39)16-13-25)14-17-33(32)45-19-18-23-4-3-6-29(20-23)38-46(43,44)22-27-5-1-2-7-31(27)35(41)42/h1-17,20-21,38-39H,18-19,22H2,(H,37,40)(H,41,42). The Morgan fingerprint density at radius 2 is 1.48 bits per heavy atom. The monoisotopic (exact) mass is 640 g/mol. The van der Waals surface area contributed by atoms with Crippen LogP contribution in [-0.2, 0) is 22.2 Å². The predicted octanol–water partition coefficient (Wildman–Crippen LogP) is 6.71. The zero-order valence-corrected chi connectivity index (χ0v) is 25.1. The molecular formula is C35H29FN2O7S. The molecule has 0 aliphatic rings. The number of carbonyl (C=O) groups excluding carboxylic acids is 1. The summed E-state index contributed by atoms with van der Waals surface area (Å²) in [5, 5.41) is 21.5. The summed E-state index contributed by atoms with van der Waals surface area (Å²) in [6.07, 6.45) is 0.343. The molecule has 9 nitrogen and oxygen atoms in total. The quantitative estimate of drug-likeness (QED) is 0.119. The summed E-state index contributed by atoms with van der Waals surface area (Å²) in [6, 6.07) is 30.2. The second kappa shape index (κ2) is 14.0. The molecule has 1 amide bonds. The van der Waals surface area contributed by atoms with E-state index in [1.165, 1.54) is 30.3 Å². The van der Waals surface area contributed by atoms with Crippen LogP contribution in [0.5, 0.6) is 11.5 Å². The highest BCUT2D eigenvalue weighted by atomic mass is 32.2. The van der Waals surface area contributed by atoms with Gasteiger partial charge in [-0.3, -0.25) is 9.52 Å². The Kier molecular flexibility index (Phi) is 9.63. The summed E-state index contributed by atoms with van der Waals surface area (Å²) < 4.78 is 48.4. The first kappa shape index (κ1) is 31.7. The third-order valence-electron chi connectivity index (χ3n) is 6.98. The van der Waals surface area contributed by atoms with Crippen molar-refractivity contribution in [2.75, 3.05) is 16.6 Å². The van der Waals surface area contributed by atoms with Crippen LogP contribution in [0, 0.1) is 5.82 Å². The molecule has 0 fully saturated rings. The van der Waals surface area contributed by atoms with Gasteiger partial charge in [0.15, 0.2) is 11.6 Å². The van der Waals surface area contributed by atoms with Crippen LogP contribution in [0.15, 0.2) is 115 Å². The number of aromatic hydroxyl groups is 1. The normalized spacial score (nSPS) is 11.1. The maximum absolute atomic E-state index is 14.8. The van der Waals surface area contributed by atoms with Gasteiger partial charge < -0.3 is 20.3 Å². The maximum Gasteiger partial charge on any atom is 0.335 e. The predicted molar refractivity (Wildman–Crippen MR) is 173 cm³/mol. The molecule has 0 aromatic heterocycles. The largest absolute Gasteiger partial charge is 0.508 e. The Morgan fingerprint density at radius 3 is 2.17 bits per heavy atom. The number of hydrogen-bond acceptors (Lipinski definition) is 6. The van der Waals surface area contributed by atoms with Crippen molar-refractivity contribution in [2.24, 2.45) is 0 Å². The molecule has 0 aliphatic heterocycles. The third kappa shape index (κ3) is 8.27. The minimum absolute atomic E-state index is 0.00907. The molecular weight excluding hydrogens is 611 g/mol. The second-order valence-corrected chi connectivity index (χ2v) is 12.1. The average molecular weight is 641 g/mol. The number of aromatic carboxylic acids is 1. The van der Waals surface area contributed by atoms with Gasteiger partial charge in [0.1, 0.15) is 5.75 Å². The Bertz CT molecular complexity index is 1980. The van der Waals surface area contributed by atoms with E-state index in [4.69, 9.17) is 4.74 Å². The van der Waals surface area contributed by atoms with Gasteiger partial charge in [-0.2, -0.15) is 0 Å². The lowest BCUT2D eigenvalue weighted by Crippen LogP contribution is -2.17. The molecule has 234 valence electrons. The van der Waals surface area contributed by atoms with Crippen LogP contribution >= 0.6 is 0 Å². The van der Waals surface area contributed by atoms with Crippen molar-refractivity contribution < 1.29 is 37.3 Å². The lowest BCUT2D eigenvalue weighted by molar-refractivity contribution is 0.0695. The molecule has 0 unspecified atom stereocenters. The smallest absolute Gasteiger partial charge is 0.335 e. The number of phenolic OH excluding ortho intramolecular Hbond substituents is 1. The lowest BCUT2D eigenvalue weighted by Gasteiger charge is -2.12. The number of sulfonamides is 1. The van der Waals surface area contributed by atoms with Crippen LogP contribution < -0.4 is 14.8 Å². The highest BCUT2D eigenvalue weighted by Gasteiger charge is 2.18. The molecule has 0 aliphatic carbocycles. The highest BCUT2D eigenvalue weighted by Crippen LogP contribution is 2.25. The topological polar surface area (TPSA) is 142 Å². The van der Waals surface area contributed by atoms with E-state index in [1.807, 2.05) is 0 Å². The molecule has 5 aromatic carbocycles. The zero-order valence-electron chi connectivity index (χ0n) is 24.3. The van der Waals surface area contributed by atoms with E-state index in [2.05, 4.69) is 10.0 Å². The van der Waals surface area contributed by atoms with Gasteiger partial charge in [0.05, 0.1) is 17.9 Å². The minimum Gasteiger partial charge on any atom is -0.508 e. The van der Waals surface area contributed by atoms with E-state index in [9.17, 15) is 32.6 Å². The van der Waals surface area contributed by atoms with Gasteiger partial charge in [-0.1, -0.05) is 54.6 Å². The third-order valence-corrected chi connectivity index (χ3v) is 8.22. The number of benzene rings is 5. The number of carboxylic acids is 1. The van der Waals surface area contributed by atoms with Crippen LogP contribution in [0.1, 0.15) is 31.8 Å². The Balaban J connectivity index is 1.14. The second-order valence-electron chi connectivity index (χ2n) is 10.3. The van der Waals surface area contributed by atoms with Crippen molar-refractivity contribution in [3.63, 3.8) is 0 Å². The van der Waals surface area contributed by atoms with Gasteiger partial charge >= 0.3 is 5.97 Å². The van der Waals surface area contributed by atoms with Crippen LogP contribution in [-0.4, -0.2) is 37.1 Å². The van der Waals surface area contributed by atoms with Gasteiger partial charge in [-0.25, -0.2) is 17.6 Å². The van der Waals surface area contributed by atoms with Crippen molar-refractivity contribution in [3.8, 4) is 22.6 Å². The number of hydrogen-bond donors (Lipinski definition) is 4. The number of nitrogens with one attached hydrogen (secondary N) is 2. The van der Waals surface area contributed by atoms with E-state index in [-0.39, 0.29) is 34.9 Å². The number of amides is 1. The van der Waals surface area contributed by atoms with E-state index in [0.717, 1.165) is 22.8 Å². The molecule has 4 N–H and O–H groups in total. The van der Waals surface area contributed by atoms with Crippen molar-refractivity contribution in [2.45, 2.75) is 12.2 Å². The van der Waals surface area contributed by atoms with Crippen LogP contribution in [0.2, 0.25) is 0 Å². The maximum atomic E-state index is 14.8. The molecule has 0 spiro atoms. The molecule has 46 heavy (non-hydrogen) atoms. The van der Waals surface area contributed by atoms with Crippen molar-refractivity contribution >= 4 is 33.3 Å². The molecule has 0 saturated heterocycles. The number of phenols is 1. The van der Waals surface area contributed by atoms with Crippen LogP contribution in [0.25, 0.3) is 11.1 Å². The number of carbonyl (C=O) groups is 2. The Hall–Kier alpha value is -5.68. The lowest BCUT2D eigenvalue weighted by atomic mass is 10.0.